The van der Waals surface area contributed by atoms with Gasteiger partial charge in [0.05, 0.1) is 18.6 Å². The number of ether oxygens (including phenoxy) is 1. The van der Waals surface area contributed by atoms with Gasteiger partial charge >= 0.3 is 5.97 Å². The summed E-state index contributed by atoms with van der Waals surface area (Å²) in [7, 11) is 1.51. The fourth-order valence-electron chi connectivity index (χ4n) is 2.12. The SMILES string of the molecule is COCC1(C(=O)N[C@@H](CO)C(=O)O)CCNCC1. The Morgan fingerprint density at radius 1 is 1.44 bits per heavy atom. The molecule has 0 aromatic heterocycles. The van der Waals surface area contributed by atoms with Crippen LogP contribution in [0.4, 0.5) is 0 Å². The molecule has 7 nitrogen and oxygen atoms in total. The smallest absolute Gasteiger partial charge is 0.328 e. The average molecular weight is 260 g/mol. The maximum atomic E-state index is 12.2. The summed E-state index contributed by atoms with van der Waals surface area (Å²) >= 11 is 0. The van der Waals surface area contributed by atoms with Gasteiger partial charge in [0, 0.05) is 7.11 Å². The molecule has 0 bridgehead atoms. The summed E-state index contributed by atoms with van der Waals surface area (Å²) in [5.41, 5.74) is -0.705. The first kappa shape index (κ1) is 14.9. The standard InChI is InChI=1S/C11H20N2O5/c1-18-7-11(2-4-12-5-3-11)10(17)13-8(6-14)9(15)16/h8,12,14H,2-7H2,1H3,(H,13,17)(H,15,16)/t8-/m0/s1. The molecule has 1 atom stereocenters. The van der Waals surface area contributed by atoms with Crippen LogP contribution in [0.1, 0.15) is 12.8 Å². The van der Waals surface area contributed by atoms with Gasteiger partial charge in [-0.05, 0) is 25.9 Å². The molecule has 0 aromatic rings. The number of hydrogen-bond donors (Lipinski definition) is 4. The Balaban J connectivity index is 2.73. The van der Waals surface area contributed by atoms with Crippen LogP contribution in [0.25, 0.3) is 0 Å². The largest absolute Gasteiger partial charge is 0.480 e. The number of carboxylic acid groups (broad SMARTS) is 1. The Morgan fingerprint density at radius 2 is 2.06 bits per heavy atom. The number of aliphatic hydroxyl groups is 1. The predicted molar refractivity (Wildman–Crippen MR) is 63.1 cm³/mol. The van der Waals surface area contributed by atoms with Gasteiger partial charge in [0.25, 0.3) is 0 Å². The molecule has 1 aliphatic rings. The highest BCUT2D eigenvalue weighted by molar-refractivity contribution is 5.87. The van der Waals surface area contributed by atoms with E-state index in [1.807, 2.05) is 0 Å². The van der Waals surface area contributed by atoms with Crippen LogP contribution in [0.3, 0.4) is 0 Å². The summed E-state index contributed by atoms with van der Waals surface area (Å²) in [6.45, 7) is 1.00. The van der Waals surface area contributed by atoms with Crippen molar-refractivity contribution in [2.75, 3.05) is 33.4 Å². The lowest BCUT2D eigenvalue weighted by Crippen LogP contribution is -2.54. The average Bonchev–Trinajstić information content (AvgIpc) is 2.36. The van der Waals surface area contributed by atoms with E-state index in [1.165, 1.54) is 7.11 Å². The van der Waals surface area contributed by atoms with Crippen molar-refractivity contribution in [3.05, 3.63) is 0 Å². The lowest BCUT2D eigenvalue weighted by atomic mass is 9.78. The Hall–Kier alpha value is -1.18. The summed E-state index contributed by atoms with van der Waals surface area (Å²) in [6.07, 6.45) is 1.18. The first-order chi connectivity index (χ1) is 8.55. The van der Waals surface area contributed by atoms with Gasteiger partial charge in [-0.1, -0.05) is 0 Å². The zero-order valence-corrected chi connectivity index (χ0v) is 10.4. The van der Waals surface area contributed by atoms with Gasteiger partial charge in [-0.3, -0.25) is 4.79 Å². The Labute approximate surface area is 106 Å². The van der Waals surface area contributed by atoms with E-state index in [-0.39, 0.29) is 12.5 Å². The molecule has 1 amide bonds. The minimum Gasteiger partial charge on any atom is -0.480 e. The summed E-state index contributed by atoms with van der Waals surface area (Å²) in [5, 5.41) is 23.2. The lowest BCUT2D eigenvalue weighted by molar-refractivity contribution is -0.147. The zero-order chi connectivity index (χ0) is 13.6. The van der Waals surface area contributed by atoms with Crippen molar-refractivity contribution in [2.45, 2.75) is 18.9 Å². The molecule has 7 heteroatoms. The lowest BCUT2D eigenvalue weighted by Gasteiger charge is -2.36. The molecule has 0 aromatic carbocycles. The second kappa shape index (κ2) is 6.67. The highest BCUT2D eigenvalue weighted by atomic mass is 16.5. The molecule has 0 radical (unpaired) electrons. The van der Waals surface area contributed by atoms with Crippen molar-refractivity contribution >= 4 is 11.9 Å². The third kappa shape index (κ3) is 3.41. The third-order valence-corrected chi connectivity index (χ3v) is 3.25. The molecule has 1 rings (SSSR count). The Kier molecular flexibility index (Phi) is 5.52. The van der Waals surface area contributed by atoms with E-state index < -0.39 is 24.0 Å². The molecular weight excluding hydrogens is 240 g/mol. The molecule has 0 aliphatic carbocycles. The monoisotopic (exact) mass is 260 g/mol. The fraction of sp³-hybridized carbons (Fsp3) is 0.818. The Morgan fingerprint density at radius 3 is 2.50 bits per heavy atom. The maximum Gasteiger partial charge on any atom is 0.328 e. The molecule has 18 heavy (non-hydrogen) atoms. The van der Waals surface area contributed by atoms with Crippen LogP contribution in [-0.2, 0) is 14.3 Å². The van der Waals surface area contributed by atoms with Gasteiger partial charge in [0.15, 0.2) is 0 Å². The number of hydrogen-bond acceptors (Lipinski definition) is 5. The molecule has 104 valence electrons. The molecule has 1 fully saturated rings. The summed E-state index contributed by atoms with van der Waals surface area (Å²) in [4.78, 5) is 23.0. The molecule has 4 N–H and O–H groups in total. The summed E-state index contributed by atoms with van der Waals surface area (Å²) in [5.74, 6) is -1.61. The van der Waals surface area contributed by atoms with E-state index in [1.54, 1.807) is 0 Å². The van der Waals surface area contributed by atoms with Crippen molar-refractivity contribution in [3.8, 4) is 0 Å². The minimum atomic E-state index is -1.26. The number of amides is 1. The van der Waals surface area contributed by atoms with Gasteiger partial charge in [-0.25, -0.2) is 4.79 Å². The van der Waals surface area contributed by atoms with Crippen LogP contribution < -0.4 is 10.6 Å². The maximum absolute atomic E-state index is 12.2. The van der Waals surface area contributed by atoms with E-state index in [4.69, 9.17) is 14.9 Å². The van der Waals surface area contributed by atoms with Crippen molar-refractivity contribution < 1.29 is 24.5 Å². The number of methoxy groups -OCH3 is 1. The Bertz CT molecular complexity index is 296. The van der Waals surface area contributed by atoms with E-state index in [0.29, 0.717) is 25.9 Å². The number of aliphatic carboxylic acids is 1. The van der Waals surface area contributed by atoms with Crippen molar-refractivity contribution in [1.29, 1.82) is 0 Å². The first-order valence-electron chi connectivity index (χ1n) is 5.90. The van der Waals surface area contributed by atoms with Crippen LogP contribution >= 0.6 is 0 Å². The second-order valence-corrected chi connectivity index (χ2v) is 4.51. The highest BCUT2D eigenvalue weighted by Gasteiger charge is 2.41. The fourth-order valence-corrected chi connectivity index (χ4v) is 2.12. The van der Waals surface area contributed by atoms with E-state index >= 15 is 0 Å². The number of aliphatic hydroxyl groups excluding tert-OH is 1. The molecule has 1 aliphatic heterocycles. The number of nitrogens with one attached hydrogen (secondary N) is 2. The molecule has 0 unspecified atom stereocenters. The number of carbonyl (C=O) groups excluding carboxylic acids is 1. The van der Waals surface area contributed by atoms with Crippen LogP contribution in [0.5, 0.6) is 0 Å². The van der Waals surface area contributed by atoms with Gasteiger partial charge < -0.3 is 25.6 Å². The van der Waals surface area contributed by atoms with Crippen LogP contribution in [0, 0.1) is 5.41 Å². The second-order valence-electron chi connectivity index (χ2n) is 4.51. The van der Waals surface area contributed by atoms with E-state index in [2.05, 4.69) is 10.6 Å². The zero-order valence-electron chi connectivity index (χ0n) is 10.4. The molecule has 1 saturated heterocycles. The molecule has 0 saturated carbocycles. The van der Waals surface area contributed by atoms with Crippen LogP contribution in [-0.4, -0.2) is 61.5 Å². The quantitative estimate of drug-likeness (QED) is 0.466. The normalized spacial score (nSPS) is 20.1. The molecular formula is C11H20N2O5. The number of piperidine rings is 1. The molecule has 1 heterocycles. The highest BCUT2D eigenvalue weighted by Crippen LogP contribution is 2.29. The van der Waals surface area contributed by atoms with Crippen molar-refractivity contribution in [2.24, 2.45) is 5.41 Å². The number of carbonyl (C=O) groups is 2. The third-order valence-electron chi connectivity index (χ3n) is 3.25. The van der Waals surface area contributed by atoms with Gasteiger partial charge in [0.2, 0.25) is 5.91 Å². The predicted octanol–water partition coefficient (Wildman–Crippen LogP) is -1.44. The van der Waals surface area contributed by atoms with Crippen molar-refractivity contribution in [1.82, 2.24) is 10.6 Å². The molecule has 0 spiro atoms. The van der Waals surface area contributed by atoms with Crippen LogP contribution in [0.15, 0.2) is 0 Å². The van der Waals surface area contributed by atoms with Gasteiger partial charge in [-0.15, -0.1) is 0 Å². The number of carboxylic acids is 1. The summed E-state index contributed by atoms with van der Waals surface area (Å²) in [6, 6.07) is -1.26. The van der Waals surface area contributed by atoms with E-state index in [0.717, 1.165) is 0 Å². The minimum absolute atomic E-state index is 0.248. The van der Waals surface area contributed by atoms with E-state index in [9.17, 15) is 9.59 Å². The number of rotatable bonds is 6. The summed E-state index contributed by atoms with van der Waals surface area (Å²) < 4.78 is 5.08. The van der Waals surface area contributed by atoms with Crippen molar-refractivity contribution in [3.63, 3.8) is 0 Å². The van der Waals surface area contributed by atoms with Gasteiger partial charge in [-0.2, -0.15) is 0 Å². The van der Waals surface area contributed by atoms with Crippen LogP contribution in [0.2, 0.25) is 0 Å². The topological polar surface area (TPSA) is 108 Å². The first-order valence-corrected chi connectivity index (χ1v) is 5.90. The van der Waals surface area contributed by atoms with Gasteiger partial charge in [0.1, 0.15) is 6.04 Å².